The van der Waals surface area contributed by atoms with Crippen LogP contribution in [0.4, 0.5) is 10.1 Å². The highest BCUT2D eigenvalue weighted by atomic mass is 19.1. The van der Waals surface area contributed by atoms with E-state index in [1.165, 1.54) is 16.8 Å². The summed E-state index contributed by atoms with van der Waals surface area (Å²) in [5.74, 6) is -0.132. The summed E-state index contributed by atoms with van der Waals surface area (Å²) in [5.41, 5.74) is 1.82. The van der Waals surface area contributed by atoms with Crippen molar-refractivity contribution < 1.29 is 4.39 Å². The van der Waals surface area contributed by atoms with Crippen LogP contribution in [0.15, 0.2) is 66.7 Å². The van der Waals surface area contributed by atoms with Gasteiger partial charge in [0, 0.05) is 12.2 Å². The highest BCUT2D eigenvalue weighted by Gasteiger charge is 2.00. The fourth-order valence-electron chi connectivity index (χ4n) is 2.34. The van der Waals surface area contributed by atoms with Gasteiger partial charge in [0.1, 0.15) is 5.82 Å². The van der Waals surface area contributed by atoms with Gasteiger partial charge >= 0.3 is 0 Å². The summed E-state index contributed by atoms with van der Waals surface area (Å²) in [6.45, 7) is 0.722. The van der Waals surface area contributed by atoms with E-state index in [0.29, 0.717) is 6.42 Å². The zero-order valence-corrected chi connectivity index (χ0v) is 11.1. The number of hydrogen-bond acceptors (Lipinski definition) is 1. The van der Waals surface area contributed by atoms with E-state index in [-0.39, 0.29) is 5.82 Å². The largest absolute Gasteiger partial charge is 0.385 e. The van der Waals surface area contributed by atoms with Crippen molar-refractivity contribution in [3.05, 3.63) is 78.1 Å². The third kappa shape index (κ3) is 2.80. The molecule has 0 heterocycles. The molecule has 20 heavy (non-hydrogen) atoms. The number of nitrogens with one attached hydrogen (secondary N) is 1. The van der Waals surface area contributed by atoms with Crippen LogP contribution in [0.3, 0.4) is 0 Å². The van der Waals surface area contributed by atoms with E-state index in [0.717, 1.165) is 17.8 Å². The van der Waals surface area contributed by atoms with Crippen LogP contribution in [0.5, 0.6) is 0 Å². The molecule has 0 fully saturated rings. The summed E-state index contributed by atoms with van der Waals surface area (Å²) >= 11 is 0. The van der Waals surface area contributed by atoms with E-state index in [1.54, 1.807) is 6.07 Å². The standard InChI is InChI=1S/C18H16FN/c19-18-8-4-3-6-15(18)11-12-20-17-10-9-14-5-1-2-7-16(14)13-17/h1-10,13,20H,11-12H2. The Morgan fingerprint density at radius 1 is 0.800 bits per heavy atom. The second-order valence-electron chi connectivity index (χ2n) is 4.83. The average molecular weight is 265 g/mol. The molecule has 2 heteroatoms. The highest BCUT2D eigenvalue weighted by molar-refractivity contribution is 5.85. The maximum Gasteiger partial charge on any atom is 0.126 e. The smallest absolute Gasteiger partial charge is 0.126 e. The first-order valence-corrected chi connectivity index (χ1v) is 6.79. The third-order valence-corrected chi connectivity index (χ3v) is 3.43. The Hall–Kier alpha value is -2.35. The normalized spacial score (nSPS) is 10.7. The molecule has 3 rings (SSSR count). The number of halogens is 1. The third-order valence-electron chi connectivity index (χ3n) is 3.43. The molecule has 0 spiro atoms. The van der Waals surface area contributed by atoms with Crippen molar-refractivity contribution in [1.82, 2.24) is 0 Å². The fraction of sp³-hybridized carbons (Fsp3) is 0.111. The minimum absolute atomic E-state index is 0.132. The van der Waals surface area contributed by atoms with E-state index in [1.807, 2.05) is 24.3 Å². The van der Waals surface area contributed by atoms with E-state index < -0.39 is 0 Å². The highest BCUT2D eigenvalue weighted by Crippen LogP contribution is 2.18. The molecule has 3 aromatic carbocycles. The van der Waals surface area contributed by atoms with Crippen molar-refractivity contribution in [2.45, 2.75) is 6.42 Å². The van der Waals surface area contributed by atoms with E-state index in [9.17, 15) is 4.39 Å². The predicted octanol–water partition coefficient (Wildman–Crippen LogP) is 4.63. The summed E-state index contributed by atoms with van der Waals surface area (Å²) in [6, 6.07) is 21.5. The van der Waals surface area contributed by atoms with Crippen LogP contribution in [0, 0.1) is 5.82 Å². The van der Waals surface area contributed by atoms with E-state index >= 15 is 0 Å². The molecule has 0 amide bonds. The molecular weight excluding hydrogens is 249 g/mol. The lowest BCUT2D eigenvalue weighted by molar-refractivity contribution is 0.610. The SMILES string of the molecule is Fc1ccccc1CCNc1ccc2ccccc2c1. The Kier molecular flexibility index (Phi) is 3.64. The second kappa shape index (κ2) is 5.74. The Bertz CT molecular complexity index is 721. The van der Waals surface area contributed by atoms with Gasteiger partial charge in [-0.2, -0.15) is 0 Å². The summed E-state index contributed by atoms with van der Waals surface area (Å²) in [7, 11) is 0. The molecule has 0 saturated carbocycles. The molecule has 0 atom stereocenters. The molecule has 0 aliphatic carbocycles. The van der Waals surface area contributed by atoms with Gasteiger partial charge in [-0.1, -0.05) is 48.5 Å². The maximum absolute atomic E-state index is 13.5. The van der Waals surface area contributed by atoms with E-state index in [4.69, 9.17) is 0 Å². The van der Waals surface area contributed by atoms with Gasteiger partial charge in [0.2, 0.25) is 0 Å². The first-order chi connectivity index (χ1) is 9.83. The van der Waals surface area contributed by atoms with Crippen LogP contribution in [0.1, 0.15) is 5.56 Å². The lowest BCUT2D eigenvalue weighted by atomic mass is 10.1. The van der Waals surface area contributed by atoms with Gasteiger partial charge in [-0.3, -0.25) is 0 Å². The molecule has 0 radical (unpaired) electrons. The lowest BCUT2D eigenvalue weighted by Crippen LogP contribution is -2.05. The van der Waals surface area contributed by atoms with Crippen LogP contribution >= 0.6 is 0 Å². The number of benzene rings is 3. The first kappa shape index (κ1) is 12.7. The minimum atomic E-state index is -0.132. The second-order valence-corrected chi connectivity index (χ2v) is 4.83. The van der Waals surface area contributed by atoms with Crippen LogP contribution < -0.4 is 5.32 Å². The van der Waals surface area contributed by atoms with Gasteiger partial charge < -0.3 is 5.32 Å². The molecule has 0 aliphatic rings. The molecule has 0 bridgehead atoms. The number of rotatable bonds is 4. The number of hydrogen-bond donors (Lipinski definition) is 1. The Balaban J connectivity index is 1.67. The summed E-state index contributed by atoms with van der Waals surface area (Å²) in [5, 5.41) is 5.79. The predicted molar refractivity (Wildman–Crippen MR) is 82.5 cm³/mol. The molecule has 1 nitrogen and oxygen atoms in total. The molecule has 3 aromatic rings. The topological polar surface area (TPSA) is 12.0 Å². The van der Waals surface area contributed by atoms with Gasteiger partial charge in [0.05, 0.1) is 0 Å². The average Bonchev–Trinajstić information content (AvgIpc) is 2.49. The Morgan fingerprint density at radius 3 is 2.40 bits per heavy atom. The van der Waals surface area contributed by atoms with Crippen molar-refractivity contribution in [2.75, 3.05) is 11.9 Å². The summed E-state index contributed by atoms with van der Waals surface area (Å²) < 4.78 is 13.5. The minimum Gasteiger partial charge on any atom is -0.385 e. The summed E-state index contributed by atoms with van der Waals surface area (Å²) in [4.78, 5) is 0. The van der Waals surface area contributed by atoms with Gasteiger partial charge in [0.25, 0.3) is 0 Å². The Morgan fingerprint density at radius 2 is 1.55 bits per heavy atom. The van der Waals surface area contributed by atoms with Crippen molar-refractivity contribution >= 4 is 16.5 Å². The molecular formula is C18H16FN. The van der Waals surface area contributed by atoms with Gasteiger partial charge in [-0.15, -0.1) is 0 Å². The van der Waals surface area contributed by atoms with Crippen molar-refractivity contribution in [3.8, 4) is 0 Å². The molecule has 100 valence electrons. The molecule has 0 unspecified atom stereocenters. The van der Waals surface area contributed by atoms with Crippen LogP contribution in [0.25, 0.3) is 10.8 Å². The number of anilines is 1. The zero-order chi connectivity index (χ0) is 13.8. The molecule has 1 N–H and O–H groups in total. The monoisotopic (exact) mass is 265 g/mol. The van der Waals surface area contributed by atoms with Crippen LogP contribution in [-0.4, -0.2) is 6.54 Å². The van der Waals surface area contributed by atoms with Gasteiger partial charge in [0.15, 0.2) is 0 Å². The van der Waals surface area contributed by atoms with Gasteiger partial charge in [-0.05, 0) is 41.0 Å². The Labute approximate surface area is 118 Å². The molecule has 0 saturated heterocycles. The van der Waals surface area contributed by atoms with Gasteiger partial charge in [-0.25, -0.2) is 4.39 Å². The fourth-order valence-corrected chi connectivity index (χ4v) is 2.34. The zero-order valence-electron chi connectivity index (χ0n) is 11.1. The maximum atomic E-state index is 13.5. The number of fused-ring (bicyclic) bond motifs is 1. The van der Waals surface area contributed by atoms with Crippen LogP contribution in [-0.2, 0) is 6.42 Å². The first-order valence-electron chi connectivity index (χ1n) is 6.79. The van der Waals surface area contributed by atoms with Crippen LogP contribution in [0.2, 0.25) is 0 Å². The van der Waals surface area contributed by atoms with E-state index in [2.05, 4.69) is 35.6 Å². The summed E-state index contributed by atoms with van der Waals surface area (Å²) in [6.07, 6.45) is 0.680. The molecule has 0 aliphatic heterocycles. The molecule has 0 aromatic heterocycles. The lowest BCUT2D eigenvalue weighted by Gasteiger charge is -2.08. The quantitative estimate of drug-likeness (QED) is 0.725. The van der Waals surface area contributed by atoms with Crippen molar-refractivity contribution in [3.63, 3.8) is 0 Å². The van der Waals surface area contributed by atoms with Crippen molar-refractivity contribution in [1.29, 1.82) is 0 Å². The van der Waals surface area contributed by atoms with Crippen molar-refractivity contribution in [2.24, 2.45) is 0 Å².